The molecule has 0 aromatic heterocycles. The molecule has 0 amide bonds. The van der Waals surface area contributed by atoms with Crippen LogP contribution in [0, 0.1) is 0 Å². The summed E-state index contributed by atoms with van der Waals surface area (Å²) < 4.78 is 27.6. The van der Waals surface area contributed by atoms with Gasteiger partial charge in [0.1, 0.15) is 5.75 Å². The molecule has 0 spiro atoms. The molecule has 0 radical (unpaired) electrons. The van der Waals surface area contributed by atoms with Crippen LogP contribution >= 0.6 is 0 Å². The zero-order chi connectivity index (χ0) is 12.9. The molecule has 0 aliphatic carbocycles. The number of aliphatic carboxylic acids is 1. The van der Waals surface area contributed by atoms with E-state index < -0.39 is 15.8 Å². The molecule has 0 atom stereocenters. The zero-order valence-electron chi connectivity index (χ0n) is 9.42. The highest BCUT2D eigenvalue weighted by Gasteiger charge is 2.06. The van der Waals surface area contributed by atoms with Gasteiger partial charge >= 0.3 is 5.97 Å². The van der Waals surface area contributed by atoms with Crippen LogP contribution in [0.5, 0.6) is 5.75 Å². The Kier molecular flexibility index (Phi) is 4.51. The van der Waals surface area contributed by atoms with E-state index in [9.17, 15) is 13.2 Å². The highest BCUT2D eigenvalue weighted by molar-refractivity contribution is 7.90. The molecule has 6 heteroatoms. The second-order valence-electron chi connectivity index (χ2n) is 3.59. The molecule has 0 fully saturated rings. The summed E-state index contributed by atoms with van der Waals surface area (Å²) in [5, 5.41) is 8.41. The molecule has 0 aliphatic heterocycles. The van der Waals surface area contributed by atoms with E-state index in [0.717, 1.165) is 6.26 Å². The molecule has 0 unspecified atom stereocenters. The molecule has 17 heavy (non-hydrogen) atoms. The number of sulfone groups is 1. The Morgan fingerprint density at radius 3 is 2.35 bits per heavy atom. The maximum atomic E-state index is 11.2. The van der Waals surface area contributed by atoms with E-state index >= 15 is 0 Å². The Bertz CT molecular complexity index is 475. The van der Waals surface area contributed by atoms with E-state index in [2.05, 4.69) is 0 Å². The van der Waals surface area contributed by atoms with Crippen molar-refractivity contribution in [3.63, 3.8) is 0 Å². The van der Waals surface area contributed by atoms with Crippen LogP contribution in [-0.4, -0.2) is 32.4 Å². The van der Waals surface area contributed by atoms with Gasteiger partial charge in [-0.1, -0.05) is 0 Å². The first-order valence-corrected chi connectivity index (χ1v) is 6.93. The van der Waals surface area contributed by atoms with E-state index in [0.29, 0.717) is 18.8 Å². The molecule has 94 valence electrons. The van der Waals surface area contributed by atoms with Crippen molar-refractivity contribution in [2.75, 3.05) is 12.9 Å². The van der Waals surface area contributed by atoms with Gasteiger partial charge in [0.25, 0.3) is 0 Å². The normalized spacial score (nSPS) is 11.1. The van der Waals surface area contributed by atoms with E-state index in [-0.39, 0.29) is 11.3 Å². The van der Waals surface area contributed by atoms with Crippen LogP contribution < -0.4 is 4.74 Å². The van der Waals surface area contributed by atoms with Crippen LogP contribution in [0.4, 0.5) is 0 Å². The number of rotatable bonds is 6. The fraction of sp³-hybridized carbons (Fsp3) is 0.364. The van der Waals surface area contributed by atoms with Gasteiger partial charge in [-0.05, 0) is 30.7 Å². The van der Waals surface area contributed by atoms with Crippen LogP contribution in [0.1, 0.15) is 12.8 Å². The first kappa shape index (κ1) is 13.5. The third-order valence-electron chi connectivity index (χ3n) is 2.06. The summed E-state index contributed by atoms with van der Waals surface area (Å²) in [7, 11) is -3.19. The number of carboxylic acids is 1. The van der Waals surface area contributed by atoms with Gasteiger partial charge in [0.15, 0.2) is 9.84 Å². The fourth-order valence-electron chi connectivity index (χ4n) is 1.20. The van der Waals surface area contributed by atoms with Crippen molar-refractivity contribution in [3.05, 3.63) is 24.3 Å². The summed E-state index contributed by atoms with van der Waals surface area (Å²) in [4.78, 5) is 10.5. The van der Waals surface area contributed by atoms with Crippen LogP contribution in [0.2, 0.25) is 0 Å². The molecule has 0 aliphatic rings. The Labute approximate surface area is 100.0 Å². The monoisotopic (exact) mass is 258 g/mol. The Morgan fingerprint density at radius 2 is 1.88 bits per heavy atom. The minimum absolute atomic E-state index is 0.0570. The van der Waals surface area contributed by atoms with Crippen molar-refractivity contribution in [2.45, 2.75) is 17.7 Å². The lowest BCUT2D eigenvalue weighted by atomic mass is 10.3. The summed E-state index contributed by atoms with van der Waals surface area (Å²) in [5.74, 6) is -0.330. The zero-order valence-corrected chi connectivity index (χ0v) is 10.2. The van der Waals surface area contributed by atoms with Gasteiger partial charge in [0.05, 0.1) is 11.5 Å². The van der Waals surface area contributed by atoms with Gasteiger partial charge in [-0.3, -0.25) is 4.79 Å². The lowest BCUT2D eigenvalue weighted by Crippen LogP contribution is -2.02. The lowest BCUT2D eigenvalue weighted by Gasteiger charge is -2.05. The molecule has 0 heterocycles. The average Bonchev–Trinajstić information content (AvgIpc) is 2.23. The summed E-state index contributed by atoms with van der Waals surface area (Å²) in [6.45, 7) is 0.296. The van der Waals surface area contributed by atoms with Crippen LogP contribution in [-0.2, 0) is 14.6 Å². The first-order valence-electron chi connectivity index (χ1n) is 5.04. The minimum Gasteiger partial charge on any atom is -0.494 e. The van der Waals surface area contributed by atoms with Gasteiger partial charge < -0.3 is 9.84 Å². The fourth-order valence-corrected chi connectivity index (χ4v) is 1.83. The summed E-state index contributed by atoms with van der Waals surface area (Å²) in [6.07, 6.45) is 1.61. The Morgan fingerprint density at radius 1 is 1.29 bits per heavy atom. The molecule has 1 N–H and O–H groups in total. The molecule has 1 aromatic rings. The van der Waals surface area contributed by atoms with Crippen LogP contribution in [0.3, 0.4) is 0 Å². The maximum absolute atomic E-state index is 11.2. The number of hydrogen-bond acceptors (Lipinski definition) is 4. The topological polar surface area (TPSA) is 80.7 Å². The predicted octanol–water partition coefficient (Wildman–Crippen LogP) is 1.33. The van der Waals surface area contributed by atoms with Crippen LogP contribution in [0.15, 0.2) is 29.2 Å². The Balaban J connectivity index is 2.49. The number of carbonyl (C=O) groups is 1. The molecular weight excluding hydrogens is 244 g/mol. The van der Waals surface area contributed by atoms with Gasteiger partial charge in [-0.15, -0.1) is 0 Å². The quantitative estimate of drug-likeness (QED) is 0.779. The number of ether oxygens (including phenoxy) is 1. The van der Waals surface area contributed by atoms with Crippen molar-refractivity contribution in [3.8, 4) is 5.75 Å². The van der Waals surface area contributed by atoms with Crippen molar-refractivity contribution in [2.24, 2.45) is 0 Å². The highest BCUT2D eigenvalue weighted by Crippen LogP contribution is 2.15. The van der Waals surface area contributed by atoms with E-state index in [1.165, 1.54) is 12.1 Å². The Hall–Kier alpha value is -1.56. The van der Waals surface area contributed by atoms with E-state index in [1.807, 2.05) is 0 Å². The molecule has 0 bridgehead atoms. The molecule has 1 aromatic carbocycles. The van der Waals surface area contributed by atoms with E-state index in [1.54, 1.807) is 12.1 Å². The van der Waals surface area contributed by atoms with Gasteiger partial charge in [0, 0.05) is 12.7 Å². The molecule has 1 rings (SSSR count). The third kappa shape index (κ3) is 4.86. The van der Waals surface area contributed by atoms with Gasteiger partial charge in [-0.25, -0.2) is 8.42 Å². The smallest absolute Gasteiger partial charge is 0.303 e. The second kappa shape index (κ2) is 5.67. The predicted molar refractivity (Wildman–Crippen MR) is 61.9 cm³/mol. The van der Waals surface area contributed by atoms with Crippen molar-refractivity contribution >= 4 is 15.8 Å². The third-order valence-corrected chi connectivity index (χ3v) is 3.18. The standard InChI is InChI=1S/C11H14O5S/c1-17(14,15)10-6-4-9(5-7-10)16-8-2-3-11(12)13/h4-7H,2-3,8H2,1H3,(H,12,13). The van der Waals surface area contributed by atoms with Crippen molar-refractivity contribution in [1.82, 2.24) is 0 Å². The largest absolute Gasteiger partial charge is 0.494 e. The van der Waals surface area contributed by atoms with Crippen molar-refractivity contribution in [1.29, 1.82) is 0 Å². The molecule has 0 saturated heterocycles. The number of carboxylic acid groups (broad SMARTS) is 1. The summed E-state index contributed by atoms with van der Waals surface area (Å²) in [6, 6.07) is 6.03. The van der Waals surface area contributed by atoms with E-state index in [4.69, 9.17) is 9.84 Å². The highest BCUT2D eigenvalue weighted by atomic mass is 32.2. The minimum atomic E-state index is -3.19. The maximum Gasteiger partial charge on any atom is 0.303 e. The number of benzene rings is 1. The first-order chi connectivity index (χ1) is 7.89. The lowest BCUT2D eigenvalue weighted by molar-refractivity contribution is -0.137. The van der Waals surface area contributed by atoms with Crippen LogP contribution in [0.25, 0.3) is 0 Å². The number of hydrogen-bond donors (Lipinski definition) is 1. The molecule has 0 saturated carbocycles. The van der Waals surface area contributed by atoms with Crippen molar-refractivity contribution < 1.29 is 23.1 Å². The second-order valence-corrected chi connectivity index (χ2v) is 5.61. The average molecular weight is 258 g/mol. The molecular formula is C11H14O5S. The van der Waals surface area contributed by atoms with Gasteiger partial charge in [0.2, 0.25) is 0 Å². The summed E-state index contributed by atoms with van der Waals surface area (Å²) in [5.41, 5.74) is 0. The SMILES string of the molecule is CS(=O)(=O)c1ccc(OCCCC(=O)O)cc1. The summed E-state index contributed by atoms with van der Waals surface area (Å²) >= 11 is 0. The molecule has 5 nitrogen and oxygen atoms in total. The van der Waals surface area contributed by atoms with Gasteiger partial charge in [-0.2, -0.15) is 0 Å².